The Morgan fingerprint density at radius 2 is 2.37 bits per heavy atom. The van der Waals surface area contributed by atoms with Crippen molar-refractivity contribution in [1.29, 1.82) is 5.26 Å². The van der Waals surface area contributed by atoms with Crippen LogP contribution in [0.25, 0.3) is 0 Å². The summed E-state index contributed by atoms with van der Waals surface area (Å²) in [4.78, 5) is 12.1. The van der Waals surface area contributed by atoms with E-state index in [2.05, 4.69) is 17.6 Å². The highest BCUT2D eigenvalue weighted by Gasteiger charge is 2.25. The highest BCUT2D eigenvalue weighted by atomic mass is 19.1. The molecular formula is C14H16FN3O. The van der Waals surface area contributed by atoms with Gasteiger partial charge < -0.3 is 10.6 Å². The topological polar surface area (TPSA) is 64.9 Å². The first kappa shape index (κ1) is 13.5. The molecule has 1 fully saturated rings. The second-order valence-corrected chi connectivity index (χ2v) is 4.90. The monoisotopic (exact) mass is 261 g/mol. The zero-order valence-corrected chi connectivity index (χ0v) is 10.7. The number of carbonyl (C=O) groups is 1. The first-order valence-electron chi connectivity index (χ1n) is 6.34. The predicted octanol–water partition coefficient (Wildman–Crippen LogP) is 2.02. The van der Waals surface area contributed by atoms with Crippen LogP contribution in [0.5, 0.6) is 0 Å². The van der Waals surface area contributed by atoms with Gasteiger partial charge in [0.1, 0.15) is 17.4 Å². The molecule has 1 aliphatic heterocycles. The summed E-state index contributed by atoms with van der Waals surface area (Å²) in [6.07, 6.45) is 1.80. The molecular weight excluding hydrogens is 245 g/mol. The van der Waals surface area contributed by atoms with Gasteiger partial charge in [-0.25, -0.2) is 4.39 Å². The van der Waals surface area contributed by atoms with E-state index in [0.717, 1.165) is 19.4 Å². The molecule has 1 heterocycles. The summed E-state index contributed by atoms with van der Waals surface area (Å²) in [5, 5.41) is 14.7. The lowest BCUT2D eigenvalue weighted by molar-refractivity contribution is -0.119. The number of halogens is 1. The lowest BCUT2D eigenvalue weighted by atomic mass is 9.94. The minimum absolute atomic E-state index is 0.125. The molecule has 1 aromatic rings. The summed E-state index contributed by atoms with van der Waals surface area (Å²) in [7, 11) is 0. The fraction of sp³-hybridized carbons (Fsp3) is 0.429. The van der Waals surface area contributed by atoms with Crippen LogP contribution in [0.4, 0.5) is 10.1 Å². The number of nitriles is 1. The largest absolute Gasteiger partial charge is 0.323 e. The quantitative estimate of drug-likeness (QED) is 0.856. The Morgan fingerprint density at radius 3 is 3.05 bits per heavy atom. The second kappa shape index (κ2) is 5.81. The van der Waals surface area contributed by atoms with Crippen molar-refractivity contribution in [1.82, 2.24) is 5.32 Å². The van der Waals surface area contributed by atoms with E-state index in [9.17, 15) is 9.18 Å². The Morgan fingerprint density at radius 1 is 1.58 bits per heavy atom. The highest BCUT2D eigenvalue weighted by Crippen LogP contribution is 2.20. The summed E-state index contributed by atoms with van der Waals surface area (Å²) in [5.41, 5.74) is 0.104. The number of anilines is 1. The third-order valence-corrected chi connectivity index (χ3v) is 3.37. The average Bonchev–Trinajstić information content (AvgIpc) is 2.39. The molecule has 0 aliphatic carbocycles. The SMILES string of the molecule is CC1CCNC(C(=O)Nc2cccc(F)c2C#N)C1. The fourth-order valence-electron chi connectivity index (χ4n) is 2.27. The van der Waals surface area contributed by atoms with Gasteiger partial charge in [-0.15, -0.1) is 0 Å². The number of nitrogens with one attached hydrogen (secondary N) is 2. The van der Waals surface area contributed by atoms with Crippen molar-refractivity contribution in [3.63, 3.8) is 0 Å². The maximum atomic E-state index is 13.4. The number of nitrogens with zero attached hydrogens (tertiary/aromatic N) is 1. The third-order valence-electron chi connectivity index (χ3n) is 3.37. The zero-order chi connectivity index (χ0) is 13.8. The van der Waals surface area contributed by atoms with E-state index in [4.69, 9.17) is 5.26 Å². The first-order valence-corrected chi connectivity index (χ1v) is 6.34. The van der Waals surface area contributed by atoms with Gasteiger partial charge in [-0.05, 0) is 37.4 Å². The molecule has 0 saturated carbocycles. The van der Waals surface area contributed by atoms with Crippen LogP contribution >= 0.6 is 0 Å². The van der Waals surface area contributed by atoms with Crippen molar-refractivity contribution in [2.24, 2.45) is 5.92 Å². The molecule has 2 atom stereocenters. The van der Waals surface area contributed by atoms with E-state index in [1.54, 1.807) is 6.07 Å². The molecule has 1 aliphatic rings. The van der Waals surface area contributed by atoms with Crippen LogP contribution in [-0.4, -0.2) is 18.5 Å². The van der Waals surface area contributed by atoms with Gasteiger partial charge in [-0.2, -0.15) is 5.26 Å². The molecule has 2 N–H and O–H groups in total. The van der Waals surface area contributed by atoms with Crippen molar-refractivity contribution in [2.75, 3.05) is 11.9 Å². The predicted molar refractivity (Wildman–Crippen MR) is 69.9 cm³/mol. The Kier molecular flexibility index (Phi) is 4.13. The van der Waals surface area contributed by atoms with Gasteiger partial charge >= 0.3 is 0 Å². The summed E-state index contributed by atoms with van der Waals surface area (Å²) >= 11 is 0. The number of rotatable bonds is 2. The highest BCUT2D eigenvalue weighted by molar-refractivity contribution is 5.96. The van der Waals surface area contributed by atoms with E-state index in [0.29, 0.717) is 5.92 Å². The van der Waals surface area contributed by atoms with E-state index >= 15 is 0 Å². The summed E-state index contributed by atoms with van der Waals surface area (Å²) in [6, 6.07) is 5.70. The molecule has 5 heteroatoms. The smallest absolute Gasteiger partial charge is 0.241 e. The Balaban J connectivity index is 2.11. The Bertz CT molecular complexity index is 524. The maximum absolute atomic E-state index is 13.4. The van der Waals surface area contributed by atoms with E-state index < -0.39 is 5.82 Å². The van der Waals surface area contributed by atoms with Crippen molar-refractivity contribution in [3.8, 4) is 6.07 Å². The van der Waals surface area contributed by atoms with Crippen LogP contribution in [0.15, 0.2) is 18.2 Å². The molecule has 0 aromatic heterocycles. The van der Waals surface area contributed by atoms with E-state index in [1.807, 2.05) is 0 Å². The van der Waals surface area contributed by atoms with Gasteiger partial charge in [0.15, 0.2) is 0 Å². The first-order chi connectivity index (χ1) is 9.11. The average molecular weight is 261 g/mol. The van der Waals surface area contributed by atoms with Gasteiger partial charge in [0.25, 0.3) is 0 Å². The van der Waals surface area contributed by atoms with E-state index in [1.165, 1.54) is 18.2 Å². The molecule has 4 nitrogen and oxygen atoms in total. The number of hydrogen-bond donors (Lipinski definition) is 2. The Labute approximate surface area is 111 Å². The van der Waals surface area contributed by atoms with Crippen LogP contribution in [-0.2, 0) is 4.79 Å². The van der Waals surface area contributed by atoms with Crippen LogP contribution in [0.1, 0.15) is 25.3 Å². The Hall–Kier alpha value is -1.93. The molecule has 19 heavy (non-hydrogen) atoms. The van der Waals surface area contributed by atoms with Crippen molar-refractivity contribution < 1.29 is 9.18 Å². The number of carbonyl (C=O) groups excluding carboxylic acids is 1. The fourth-order valence-corrected chi connectivity index (χ4v) is 2.27. The zero-order valence-electron chi connectivity index (χ0n) is 10.7. The number of benzene rings is 1. The molecule has 1 amide bonds. The summed E-state index contributed by atoms with van der Waals surface area (Å²) in [6.45, 7) is 2.90. The molecule has 1 saturated heterocycles. The maximum Gasteiger partial charge on any atom is 0.241 e. The van der Waals surface area contributed by atoms with Crippen molar-refractivity contribution >= 4 is 11.6 Å². The van der Waals surface area contributed by atoms with Gasteiger partial charge in [-0.3, -0.25) is 4.79 Å². The number of amides is 1. The summed E-state index contributed by atoms with van der Waals surface area (Å²) in [5.74, 6) is -0.348. The van der Waals surface area contributed by atoms with Gasteiger partial charge in [-0.1, -0.05) is 13.0 Å². The minimum atomic E-state index is -0.620. The molecule has 0 bridgehead atoms. The molecule has 2 unspecified atom stereocenters. The molecule has 2 rings (SSSR count). The van der Waals surface area contributed by atoms with Crippen LogP contribution in [0.2, 0.25) is 0 Å². The van der Waals surface area contributed by atoms with Gasteiger partial charge in [0, 0.05) is 0 Å². The lowest BCUT2D eigenvalue weighted by Crippen LogP contribution is -2.45. The summed E-state index contributed by atoms with van der Waals surface area (Å²) < 4.78 is 13.4. The molecule has 100 valence electrons. The third kappa shape index (κ3) is 3.09. The van der Waals surface area contributed by atoms with Crippen LogP contribution in [0, 0.1) is 23.1 Å². The van der Waals surface area contributed by atoms with Gasteiger partial charge in [0.2, 0.25) is 5.91 Å². The minimum Gasteiger partial charge on any atom is -0.323 e. The normalized spacial score (nSPS) is 22.6. The van der Waals surface area contributed by atoms with E-state index in [-0.39, 0.29) is 23.2 Å². The molecule has 1 aromatic carbocycles. The van der Waals surface area contributed by atoms with Crippen molar-refractivity contribution in [3.05, 3.63) is 29.6 Å². The molecule has 0 spiro atoms. The number of hydrogen-bond acceptors (Lipinski definition) is 3. The van der Waals surface area contributed by atoms with Crippen LogP contribution < -0.4 is 10.6 Å². The standard InChI is InChI=1S/C14H16FN3O/c1-9-5-6-17-13(7-9)14(19)18-12-4-2-3-11(15)10(12)8-16/h2-4,9,13,17H,5-7H2,1H3,(H,18,19). The molecule has 0 radical (unpaired) electrons. The second-order valence-electron chi connectivity index (χ2n) is 4.90. The van der Waals surface area contributed by atoms with Crippen LogP contribution in [0.3, 0.4) is 0 Å². The van der Waals surface area contributed by atoms with Crippen molar-refractivity contribution in [2.45, 2.75) is 25.8 Å². The number of piperidine rings is 1. The lowest BCUT2D eigenvalue weighted by Gasteiger charge is -2.27. The van der Waals surface area contributed by atoms with Gasteiger partial charge in [0.05, 0.1) is 11.7 Å².